The number of aromatic hydroxyl groups is 1. The highest BCUT2D eigenvalue weighted by atomic mass is 79.9. The number of rotatable bonds is 2. The topological polar surface area (TPSA) is 49.3 Å². The molecule has 0 atom stereocenters. The molecule has 0 aliphatic carbocycles. The highest BCUT2D eigenvalue weighted by Crippen LogP contribution is 2.36. The molecule has 0 aliphatic heterocycles. The number of benzene rings is 2. The summed E-state index contributed by atoms with van der Waals surface area (Å²) in [6.45, 7) is 0. The number of nitrogens with one attached hydrogen (secondary N) is 1. The average molecular weight is 379 g/mol. The van der Waals surface area contributed by atoms with Gasteiger partial charge in [-0.2, -0.15) is 0 Å². The minimum Gasteiger partial charge on any atom is -0.507 e. The van der Waals surface area contributed by atoms with Crippen LogP contribution in [0.5, 0.6) is 5.75 Å². The second-order valence-electron chi connectivity index (χ2n) is 3.81. The van der Waals surface area contributed by atoms with E-state index < -0.39 is 23.0 Å². The molecule has 2 aromatic carbocycles. The van der Waals surface area contributed by atoms with Crippen molar-refractivity contribution in [1.29, 1.82) is 0 Å². The molecule has 0 aromatic heterocycles. The first kappa shape index (κ1) is 15.1. The molecule has 2 rings (SSSR count). The van der Waals surface area contributed by atoms with Crippen molar-refractivity contribution in [1.82, 2.24) is 0 Å². The van der Waals surface area contributed by atoms with Crippen molar-refractivity contribution in [3.05, 3.63) is 56.2 Å². The highest BCUT2D eigenvalue weighted by Gasteiger charge is 2.18. The molecular formula is C13H7BrCl2FNO2. The fourth-order valence-corrected chi connectivity index (χ4v) is 2.37. The van der Waals surface area contributed by atoms with Crippen LogP contribution >= 0.6 is 39.1 Å². The second kappa shape index (κ2) is 5.99. The summed E-state index contributed by atoms with van der Waals surface area (Å²) in [4.78, 5) is 12.0. The van der Waals surface area contributed by atoms with Gasteiger partial charge in [0, 0.05) is 4.47 Å². The molecule has 20 heavy (non-hydrogen) atoms. The smallest absolute Gasteiger partial charge is 0.262 e. The maximum atomic E-state index is 13.6. The van der Waals surface area contributed by atoms with Crippen LogP contribution in [0.3, 0.4) is 0 Å². The molecule has 0 radical (unpaired) electrons. The quantitative estimate of drug-likeness (QED) is 0.733. The van der Waals surface area contributed by atoms with E-state index >= 15 is 0 Å². The largest absolute Gasteiger partial charge is 0.507 e. The molecule has 0 spiro atoms. The number of hydrogen-bond donors (Lipinski definition) is 2. The summed E-state index contributed by atoms with van der Waals surface area (Å²) in [5.74, 6) is -2.11. The Bertz CT molecular complexity index is 674. The van der Waals surface area contributed by atoms with Crippen molar-refractivity contribution in [3.8, 4) is 5.75 Å². The molecule has 2 N–H and O–H groups in total. The van der Waals surface area contributed by atoms with Gasteiger partial charge in [-0.25, -0.2) is 4.39 Å². The Morgan fingerprint density at radius 1 is 1.20 bits per heavy atom. The molecule has 0 bridgehead atoms. The molecule has 104 valence electrons. The summed E-state index contributed by atoms with van der Waals surface area (Å²) < 4.78 is 14.1. The first-order valence-corrected chi connectivity index (χ1v) is 6.89. The normalized spacial score (nSPS) is 10.4. The highest BCUT2D eigenvalue weighted by molar-refractivity contribution is 9.10. The molecule has 0 saturated carbocycles. The zero-order valence-electron chi connectivity index (χ0n) is 9.75. The van der Waals surface area contributed by atoms with Crippen LogP contribution in [0.1, 0.15) is 10.4 Å². The Morgan fingerprint density at radius 3 is 2.55 bits per heavy atom. The van der Waals surface area contributed by atoms with Crippen LogP contribution in [-0.4, -0.2) is 11.0 Å². The van der Waals surface area contributed by atoms with Crippen LogP contribution in [0, 0.1) is 5.82 Å². The Balaban J connectivity index is 2.36. The van der Waals surface area contributed by atoms with Crippen molar-refractivity contribution in [2.45, 2.75) is 0 Å². The minimum absolute atomic E-state index is 0.116. The lowest BCUT2D eigenvalue weighted by Gasteiger charge is -2.10. The van der Waals surface area contributed by atoms with Crippen LogP contribution in [-0.2, 0) is 0 Å². The number of halogens is 4. The molecular weight excluding hydrogens is 372 g/mol. The zero-order valence-corrected chi connectivity index (χ0v) is 12.9. The first-order valence-electron chi connectivity index (χ1n) is 5.34. The summed E-state index contributed by atoms with van der Waals surface area (Å²) in [6.07, 6.45) is 0. The number of carbonyl (C=O) groups excluding carboxylic acids is 1. The summed E-state index contributed by atoms with van der Waals surface area (Å²) in [5.41, 5.74) is -0.241. The molecule has 3 nitrogen and oxygen atoms in total. The number of amides is 1. The van der Waals surface area contributed by atoms with Gasteiger partial charge in [-0.15, -0.1) is 0 Å². The molecule has 0 unspecified atom stereocenters. The molecule has 0 heterocycles. The van der Waals surface area contributed by atoms with E-state index in [4.69, 9.17) is 23.2 Å². The predicted molar refractivity (Wildman–Crippen MR) is 80.2 cm³/mol. The van der Waals surface area contributed by atoms with Gasteiger partial charge >= 0.3 is 0 Å². The monoisotopic (exact) mass is 377 g/mol. The third-order valence-corrected chi connectivity index (χ3v) is 4.27. The third-order valence-electron chi connectivity index (χ3n) is 2.50. The summed E-state index contributed by atoms with van der Waals surface area (Å²) in [5, 5.41) is 12.3. The standard InChI is InChI=1S/C13H7BrCl2FNO2/c14-6-4-5-8(12(16)11(6)15)18-13(20)10-7(17)2-1-3-9(10)19/h1-5,19H,(H,18,20). The minimum atomic E-state index is -0.832. The van der Waals surface area contributed by atoms with Gasteiger partial charge < -0.3 is 10.4 Å². The van der Waals surface area contributed by atoms with E-state index in [1.54, 1.807) is 6.07 Å². The van der Waals surface area contributed by atoms with E-state index in [0.717, 1.165) is 6.07 Å². The summed E-state index contributed by atoms with van der Waals surface area (Å²) in [6, 6.07) is 6.68. The Morgan fingerprint density at radius 2 is 1.90 bits per heavy atom. The van der Waals surface area contributed by atoms with Gasteiger partial charge in [0.05, 0.1) is 15.7 Å². The average Bonchev–Trinajstić information content (AvgIpc) is 2.39. The van der Waals surface area contributed by atoms with Gasteiger partial charge in [-0.3, -0.25) is 4.79 Å². The van der Waals surface area contributed by atoms with Crippen molar-refractivity contribution in [2.75, 3.05) is 5.32 Å². The van der Waals surface area contributed by atoms with Gasteiger partial charge in [0.25, 0.3) is 5.91 Å². The van der Waals surface area contributed by atoms with E-state index in [9.17, 15) is 14.3 Å². The Kier molecular flexibility index (Phi) is 4.52. The molecule has 7 heteroatoms. The van der Waals surface area contributed by atoms with Crippen molar-refractivity contribution in [2.24, 2.45) is 0 Å². The molecule has 1 amide bonds. The van der Waals surface area contributed by atoms with Crippen LogP contribution in [0.4, 0.5) is 10.1 Å². The van der Waals surface area contributed by atoms with Crippen LogP contribution in [0.15, 0.2) is 34.8 Å². The SMILES string of the molecule is O=C(Nc1ccc(Br)c(Cl)c1Cl)c1c(O)cccc1F. The number of anilines is 1. The fourth-order valence-electron chi connectivity index (χ4n) is 1.54. The lowest BCUT2D eigenvalue weighted by molar-refractivity contribution is 0.102. The van der Waals surface area contributed by atoms with E-state index in [1.807, 2.05) is 0 Å². The molecule has 0 aliphatic rings. The van der Waals surface area contributed by atoms with Crippen LogP contribution in [0.2, 0.25) is 10.0 Å². The lowest BCUT2D eigenvalue weighted by Crippen LogP contribution is -2.14. The van der Waals surface area contributed by atoms with Gasteiger partial charge in [-0.1, -0.05) is 29.3 Å². The predicted octanol–water partition coefficient (Wildman–Crippen LogP) is 4.85. The molecule has 0 saturated heterocycles. The van der Waals surface area contributed by atoms with Crippen molar-refractivity contribution < 1.29 is 14.3 Å². The zero-order chi connectivity index (χ0) is 14.9. The number of carbonyl (C=O) groups is 1. The number of phenols is 1. The van der Waals surface area contributed by atoms with E-state index in [2.05, 4.69) is 21.2 Å². The lowest BCUT2D eigenvalue weighted by atomic mass is 10.1. The van der Waals surface area contributed by atoms with Crippen LogP contribution in [0.25, 0.3) is 0 Å². The summed E-state index contributed by atoms with van der Waals surface area (Å²) in [7, 11) is 0. The van der Waals surface area contributed by atoms with E-state index in [1.165, 1.54) is 18.2 Å². The fraction of sp³-hybridized carbons (Fsp3) is 0. The van der Waals surface area contributed by atoms with Crippen LogP contribution < -0.4 is 5.32 Å². The van der Waals surface area contributed by atoms with Gasteiger partial charge in [0.15, 0.2) is 0 Å². The first-order chi connectivity index (χ1) is 9.41. The van der Waals surface area contributed by atoms with Gasteiger partial charge in [0.1, 0.15) is 17.1 Å². The summed E-state index contributed by atoms with van der Waals surface area (Å²) >= 11 is 15.1. The second-order valence-corrected chi connectivity index (χ2v) is 5.42. The van der Waals surface area contributed by atoms with Gasteiger partial charge in [-0.05, 0) is 40.2 Å². The van der Waals surface area contributed by atoms with E-state index in [-0.39, 0.29) is 15.7 Å². The van der Waals surface area contributed by atoms with Crippen molar-refractivity contribution >= 4 is 50.7 Å². The Hall–Kier alpha value is -1.30. The van der Waals surface area contributed by atoms with E-state index in [0.29, 0.717) is 4.47 Å². The molecule has 0 fully saturated rings. The number of phenolic OH excluding ortho intramolecular Hbond substituents is 1. The maximum Gasteiger partial charge on any atom is 0.262 e. The molecule has 2 aromatic rings. The number of hydrogen-bond acceptors (Lipinski definition) is 2. The third kappa shape index (κ3) is 2.90. The van der Waals surface area contributed by atoms with Crippen molar-refractivity contribution in [3.63, 3.8) is 0 Å². The Labute approximate surface area is 132 Å². The van der Waals surface area contributed by atoms with Gasteiger partial charge in [0.2, 0.25) is 0 Å². The maximum absolute atomic E-state index is 13.6.